The van der Waals surface area contributed by atoms with Crippen LogP contribution in [-0.4, -0.2) is 31.0 Å². The van der Waals surface area contributed by atoms with Gasteiger partial charge in [0.2, 0.25) is 0 Å². The molecular formula is C14H31NO2. The van der Waals surface area contributed by atoms with Crippen molar-refractivity contribution in [3.8, 4) is 0 Å². The summed E-state index contributed by atoms with van der Waals surface area (Å²) < 4.78 is 11.8. The lowest BCUT2D eigenvalue weighted by atomic mass is 9.99. The molecule has 0 aliphatic rings. The van der Waals surface area contributed by atoms with Crippen molar-refractivity contribution in [2.75, 3.05) is 19.8 Å². The molecule has 104 valence electrons. The summed E-state index contributed by atoms with van der Waals surface area (Å²) in [6.45, 7) is 12.9. The Balaban J connectivity index is 3.98. The molecule has 0 aromatic rings. The van der Waals surface area contributed by atoms with Crippen molar-refractivity contribution in [3.05, 3.63) is 0 Å². The number of hydrogen-bond acceptors (Lipinski definition) is 3. The molecule has 0 radical (unpaired) electrons. The lowest BCUT2D eigenvalue weighted by Crippen LogP contribution is -2.34. The third-order valence-electron chi connectivity index (χ3n) is 3.27. The molecule has 0 bridgehead atoms. The summed E-state index contributed by atoms with van der Waals surface area (Å²) in [5, 5.41) is 0. The van der Waals surface area contributed by atoms with Gasteiger partial charge in [0.15, 0.2) is 0 Å². The third-order valence-corrected chi connectivity index (χ3v) is 3.27. The van der Waals surface area contributed by atoms with E-state index in [2.05, 4.69) is 34.6 Å². The minimum absolute atomic E-state index is 0.0468. The molecule has 1 unspecified atom stereocenters. The zero-order valence-electron chi connectivity index (χ0n) is 12.3. The normalized spacial score (nSPS) is 15.9. The van der Waals surface area contributed by atoms with Crippen LogP contribution >= 0.6 is 0 Å². The Morgan fingerprint density at radius 3 is 2.06 bits per heavy atom. The van der Waals surface area contributed by atoms with Crippen molar-refractivity contribution in [1.82, 2.24) is 0 Å². The molecule has 0 aromatic carbocycles. The molecule has 0 aromatic heterocycles. The van der Waals surface area contributed by atoms with Crippen LogP contribution in [0.25, 0.3) is 0 Å². The zero-order valence-corrected chi connectivity index (χ0v) is 12.3. The Morgan fingerprint density at radius 2 is 1.59 bits per heavy atom. The van der Waals surface area contributed by atoms with Crippen LogP contribution in [0.1, 0.15) is 60.3 Å². The monoisotopic (exact) mass is 245 g/mol. The fourth-order valence-electron chi connectivity index (χ4n) is 1.66. The van der Waals surface area contributed by atoms with Gasteiger partial charge in [0, 0.05) is 6.61 Å². The second-order valence-corrected chi connectivity index (χ2v) is 5.55. The van der Waals surface area contributed by atoms with E-state index in [-0.39, 0.29) is 11.2 Å². The van der Waals surface area contributed by atoms with Crippen LogP contribution in [0.15, 0.2) is 0 Å². The van der Waals surface area contributed by atoms with Crippen molar-refractivity contribution in [1.29, 1.82) is 0 Å². The van der Waals surface area contributed by atoms with E-state index in [1.54, 1.807) is 0 Å². The van der Waals surface area contributed by atoms with Gasteiger partial charge < -0.3 is 15.2 Å². The lowest BCUT2D eigenvalue weighted by Gasteiger charge is -2.31. The first-order valence-corrected chi connectivity index (χ1v) is 6.87. The van der Waals surface area contributed by atoms with Gasteiger partial charge in [-0.1, -0.05) is 13.8 Å². The highest BCUT2D eigenvalue weighted by atomic mass is 16.5. The van der Waals surface area contributed by atoms with Gasteiger partial charge in [-0.25, -0.2) is 0 Å². The summed E-state index contributed by atoms with van der Waals surface area (Å²) in [4.78, 5) is 0. The molecule has 0 heterocycles. The zero-order chi connectivity index (χ0) is 13.4. The topological polar surface area (TPSA) is 44.5 Å². The first kappa shape index (κ1) is 16.9. The standard InChI is InChI=1S/C14H31NO2/c1-6-11-17-14(5,7-2)9-12-16-13(3,4)8-10-15/h6-12,15H2,1-5H3. The van der Waals surface area contributed by atoms with Gasteiger partial charge in [-0.3, -0.25) is 0 Å². The Kier molecular flexibility index (Phi) is 8.01. The van der Waals surface area contributed by atoms with Gasteiger partial charge in [-0.2, -0.15) is 0 Å². The third kappa shape index (κ3) is 7.74. The molecule has 0 aliphatic heterocycles. The highest BCUT2D eigenvalue weighted by molar-refractivity contribution is 4.75. The van der Waals surface area contributed by atoms with Gasteiger partial charge >= 0.3 is 0 Å². The van der Waals surface area contributed by atoms with Crippen molar-refractivity contribution in [2.24, 2.45) is 5.73 Å². The molecule has 17 heavy (non-hydrogen) atoms. The quantitative estimate of drug-likeness (QED) is 0.643. The fraction of sp³-hybridized carbons (Fsp3) is 1.00. The highest BCUT2D eigenvalue weighted by Gasteiger charge is 2.24. The largest absolute Gasteiger partial charge is 0.375 e. The molecular weight excluding hydrogens is 214 g/mol. The SMILES string of the molecule is CCCOC(C)(CC)CCOC(C)(C)CCN. The second kappa shape index (κ2) is 8.06. The maximum Gasteiger partial charge on any atom is 0.0673 e. The number of hydrogen-bond donors (Lipinski definition) is 1. The average molecular weight is 245 g/mol. The van der Waals surface area contributed by atoms with E-state index in [1.165, 1.54) is 0 Å². The van der Waals surface area contributed by atoms with E-state index in [0.29, 0.717) is 6.54 Å². The van der Waals surface area contributed by atoms with E-state index in [1.807, 2.05) is 0 Å². The van der Waals surface area contributed by atoms with Gasteiger partial charge in [0.25, 0.3) is 0 Å². The Labute approximate surface area is 107 Å². The first-order chi connectivity index (χ1) is 7.89. The predicted molar refractivity (Wildman–Crippen MR) is 73.3 cm³/mol. The van der Waals surface area contributed by atoms with E-state index < -0.39 is 0 Å². The highest BCUT2D eigenvalue weighted by Crippen LogP contribution is 2.22. The smallest absolute Gasteiger partial charge is 0.0673 e. The van der Waals surface area contributed by atoms with E-state index in [4.69, 9.17) is 15.2 Å². The molecule has 0 rings (SSSR count). The molecule has 0 aliphatic carbocycles. The van der Waals surface area contributed by atoms with Gasteiger partial charge in [0.05, 0.1) is 17.8 Å². The summed E-state index contributed by atoms with van der Waals surface area (Å²) in [6.07, 6.45) is 3.92. The van der Waals surface area contributed by atoms with Crippen molar-refractivity contribution < 1.29 is 9.47 Å². The van der Waals surface area contributed by atoms with Crippen LogP contribution in [0.2, 0.25) is 0 Å². The van der Waals surface area contributed by atoms with E-state index in [9.17, 15) is 0 Å². The van der Waals surface area contributed by atoms with Crippen LogP contribution in [0.4, 0.5) is 0 Å². The molecule has 2 N–H and O–H groups in total. The average Bonchev–Trinajstić information content (AvgIpc) is 2.26. The minimum Gasteiger partial charge on any atom is -0.375 e. The lowest BCUT2D eigenvalue weighted by molar-refractivity contribution is -0.0827. The van der Waals surface area contributed by atoms with E-state index >= 15 is 0 Å². The Hall–Kier alpha value is -0.120. The van der Waals surface area contributed by atoms with Gasteiger partial charge in [-0.15, -0.1) is 0 Å². The molecule has 0 fully saturated rings. The maximum atomic E-state index is 5.90. The Morgan fingerprint density at radius 1 is 0.941 bits per heavy atom. The summed E-state index contributed by atoms with van der Waals surface area (Å²) in [5.41, 5.74) is 5.40. The predicted octanol–water partition coefficient (Wildman–Crippen LogP) is 3.12. The summed E-state index contributed by atoms with van der Waals surface area (Å²) in [5.74, 6) is 0. The second-order valence-electron chi connectivity index (χ2n) is 5.55. The van der Waals surface area contributed by atoms with Crippen molar-refractivity contribution in [3.63, 3.8) is 0 Å². The summed E-state index contributed by atoms with van der Waals surface area (Å²) in [7, 11) is 0. The molecule has 0 saturated carbocycles. The van der Waals surface area contributed by atoms with Crippen LogP contribution in [-0.2, 0) is 9.47 Å². The molecule has 0 saturated heterocycles. The van der Waals surface area contributed by atoms with Crippen molar-refractivity contribution >= 4 is 0 Å². The molecule has 1 atom stereocenters. The summed E-state index contributed by atoms with van der Waals surface area (Å²) in [6, 6.07) is 0. The summed E-state index contributed by atoms with van der Waals surface area (Å²) >= 11 is 0. The van der Waals surface area contributed by atoms with E-state index in [0.717, 1.165) is 38.9 Å². The molecule has 0 amide bonds. The number of ether oxygens (including phenoxy) is 2. The van der Waals surface area contributed by atoms with Crippen LogP contribution in [0, 0.1) is 0 Å². The minimum atomic E-state index is -0.117. The number of nitrogens with two attached hydrogens (primary N) is 1. The van der Waals surface area contributed by atoms with Gasteiger partial charge in [0.1, 0.15) is 0 Å². The molecule has 3 heteroatoms. The van der Waals surface area contributed by atoms with Gasteiger partial charge in [-0.05, 0) is 53.0 Å². The van der Waals surface area contributed by atoms with Crippen molar-refractivity contribution in [2.45, 2.75) is 71.5 Å². The van der Waals surface area contributed by atoms with Crippen LogP contribution < -0.4 is 5.73 Å². The van der Waals surface area contributed by atoms with Crippen LogP contribution in [0.5, 0.6) is 0 Å². The fourth-order valence-corrected chi connectivity index (χ4v) is 1.66. The van der Waals surface area contributed by atoms with Crippen LogP contribution in [0.3, 0.4) is 0 Å². The Bertz CT molecular complexity index is 195. The first-order valence-electron chi connectivity index (χ1n) is 6.87. The number of rotatable bonds is 10. The maximum absolute atomic E-state index is 5.90. The molecule has 0 spiro atoms. The molecule has 3 nitrogen and oxygen atoms in total.